The third kappa shape index (κ3) is 3.56. The summed E-state index contributed by atoms with van der Waals surface area (Å²) in [6, 6.07) is -0.452. The molecule has 0 saturated carbocycles. The number of carbonyl (C=O) groups excluding carboxylic acids is 1. The van der Waals surface area contributed by atoms with Crippen LogP contribution in [0, 0.1) is 5.92 Å². The van der Waals surface area contributed by atoms with E-state index >= 15 is 0 Å². The van der Waals surface area contributed by atoms with Gasteiger partial charge >= 0.3 is 0 Å². The summed E-state index contributed by atoms with van der Waals surface area (Å²) in [6.07, 6.45) is 1.78. The van der Waals surface area contributed by atoms with Gasteiger partial charge in [0.15, 0.2) is 0 Å². The molecule has 0 bridgehead atoms. The Morgan fingerprint density at radius 2 is 2.00 bits per heavy atom. The summed E-state index contributed by atoms with van der Waals surface area (Å²) in [7, 11) is 1.95. The SMILES string of the molecule is CCc1nn(C)c(CC)c1CNC(=O)[C@@H](N)C(C)C. The van der Waals surface area contributed by atoms with Crippen molar-refractivity contribution in [2.24, 2.45) is 18.7 Å². The normalized spacial score (nSPS) is 12.8. The Morgan fingerprint density at radius 3 is 2.47 bits per heavy atom. The summed E-state index contributed by atoms with van der Waals surface area (Å²) in [5.74, 6) is 0.0492. The van der Waals surface area contributed by atoms with Gasteiger partial charge < -0.3 is 11.1 Å². The number of hydrogen-bond acceptors (Lipinski definition) is 3. The number of nitrogens with one attached hydrogen (secondary N) is 1. The topological polar surface area (TPSA) is 72.9 Å². The molecule has 19 heavy (non-hydrogen) atoms. The lowest BCUT2D eigenvalue weighted by molar-refractivity contribution is -0.123. The second-order valence-corrected chi connectivity index (χ2v) is 5.19. The Labute approximate surface area is 115 Å². The number of amides is 1. The van der Waals surface area contributed by atoms with Gasteiger partial charge in [-0.3, -0.25) is 9.48 Å². The maximum absolute atomic E-state index is 11.9. The average molecular weight is 266 g/mol. The molecule has 0 aliphatic carbocycles. The number of nitrogens with zero attached hydrogens (tertiary/aromatic N) is 2. The molecule has 0 radical (unpaired) electrons. The predicted molar refractivity (Wildman–Crippen MR) is 76.6 cm³/mol. The quantitative estimate of drug-likeness (QED) is 0.811. The monoisotopic (exact) mass is 266 g/mol. The minimum atomic E-state index is -0.452. The molecule has 3 N–H and O–H groups in total. The highest BCUT2D eigenvalue weighted by Gasteiger charge is 2.19. The number of aromatic nitrogens is 2. The highest BCUT2D eigenvalue weighted by molar-refractivity contribution is 5.81. The van der Waals surface area contributed by atoms with E-state index in [0.717, 1.165) is 24.1 Å². The molecular weight excluding hydrogens is 240 g/mol. The molecule has 5 heteroatoms. The molecule has 0 spiro atoms. The van der Waals surface area contributed by atoms with E-state index in [1.54, 1.807) is 0 Å². The van der Waals surface area contributed by atoms with Gasteiger partial charge in [0.2, 0.25) is 5.91 Å². The number of carbonyl (C=O) groups is 1. The maximum atomic E-state index is 11.9. The fraction of sp³-hybridized carbons (Fsp3) is 0.714. The Hall–Kier alpha value is -1.36. The molecule has 5 nitrogen and oxygen atoms in total. The zero-order chi connectivity index (χ0) is 14.6. The van der Waals surface area contributed by atoms with Gasteiger partial charge in [-0.25, -0.2) is 0 Å². The highest BCUT2D eigenvalue weighted by Crippen LogP contribution is 2.15. The van der Waals surface area contributed by atoms with Crippen LogP contribution < -0.4 is 11.1 Å². The van der Waals surface area contributed by atoms with Crippen molar-refractivity contribution in [1.82, 2.24) is 15.1 Å². The van der Waals surface area contributed by atoms with Crippen LogP contribution >= 0.6 is 0 Å². The van der Waals surface area contributed by atoms with E-state index in [0.29, 0.717) is 6.54 Å². The number of rotatable bonds is 6. The van der Waals surface area contributed by atoms with Gasteiger partial charge in [-0.1, -0.05) is 27.7 Å². The molecule has 1 heterocycles. The molecule has 0 saturated heterocycles. The van der Waals surface area contributed by atoms with Crippen molar-refractivity contribution in [3.05, 3.63) is 17.0 Å². The van der Waals surface area contributed by atoms with Crippen LogP contribution in [0.1, 0.15) is 44.6 Å². The molecule has 1 aromatic rings. The summed E-state index contributed by atoms with van der Waals surface area (Å²) in [4.78, 5) is 11.9. The molecule has 0 fully saturated rings. The van der Waals surface area contributed by atoms with E-state index in [4.69, 9.17) is 5.73 Å². The van der Waals surface area contributed by atoms with Crippen LogP contribution in [0.3, 0.4) is 0 Å². The number of nitrogens with two attached hydrogens (primary N) is 1. The first-order valence-electron chi connectivity index (χ1n) is 6.99. The van der Waals surface area contributed by atoms with Crippen LogP contribution in [0.4, 0.5) is 0 Å². The predicted octanol–water partition coefficient (Wildman–Crippen LogP) is 1.14. The van der Waals surface area contributed by atoms with Gasteiger partial charge in [-0.2, -0.15) is 5.10 Å². The molecule has 1 amide bonds. The Morgan fingerprint density at radius 1 is 1.37 bits per heavy atom. The Kier molecular flexibility index (Phi) is 5.54. The van der Waals surface area contributed by atoms with Crippen molar-refractivity contribution in [1.29, 1.82) is 0 Å². The second kappa shape index (κ2) is 6.70. The lowest BCUT2D eigenvalue weighted by atomic mass is 10.0. The molecule has 108 valence electrons. The van der Waals surface area contributed by atoms with Crippen molar-refractivity contribution in [2.45, 2.75) is 53.1 Å². The molecule has 1 rings (SSSR count). The number of aryl methyl sites for hydroxylation is 2. The van der Waals surface area contributed by atoms with Crippen LogP contribution in [0.25, 0.3) is 0 Å². The van der Waals surface area contributed by atoms with Crippen molar-refractivity contribution in [3.63, 3.8) is 0 Å². The van der Waals surface area contributed by atoms with Gasteiger partial charge in [0, 0.05) is 24.8 Å². The fourth-order valence-electron chi connectivity index (χ4n) is 2.19. The van der Waals surface area contributed by atoms with Crippen molar-refractivity contribution in [2.75, 3.05) is 0 Å². The van der Waals surface area contributed by atoms with E-state index in [1.807, 2.05) is 25.6 Å². The highest BCUT2D eigenvalue weighted by atomic mass is 16.2. The molecule has 0 aromatic carbocycles. The third-order valence-electron chi connectivity index (χ3n) is 3.49. The smallest absolute Gasteiger partial charge is 0.237 e. The van der Waals surface area contributed by atoms with Gasteiger partial charge in [0.25, 0.3) is 0 Å². The van der Waals surface area contributed by atoms with Gasteiger partial charge in [-0.05, 0) is 18.8 Å². The molecule has 0 aliphatic heterocycles. The summed E-state index contributed by atoms with van der Waals surface area (Å²) < 4.78 is 1.91. The van der Waals surface area contributed by atoms with Crippen LogP contribution in [0.15, 0.2) is 0 Å². The van der Waals surface area contributed by atoms with Crippen LogP contribution in [-0.4, -0.2) is 21.7 Å². The van der Waals surface area contributed by atoms with Gasteiger partial charge in [0.05, 0.1) is 11.7 Å². The van der Waals surface area contributed by atoms with Crippen molar-refractivity contribution >= 4 is 5.91 Å². The molecule has 0 unspecified atom stereocenters. The largest absolute Gasteiger partial charge is 0.351 e. The first-order chi connectivity index (χ1) is 8.92. The zero-order valence-electron chi connectivity index (χ0n) is 12.7. The van der Waals surface area contributed by atoms with Gasteiger partial charge in [0.1, 0.15) is 0 Å². The van der Waals surface area contributed by atoms with Crippen LogP contribution in [-0.2, 0) is 31.2 Å². The summed E-state index contributed by atoms with van der Waals surface area (Å²) in [5, 5.41) is 7.42. The van der Waals surface area contributed by atoms with Crippen molar-refractivity contribution in [3.8, 4) is 0 Å². The van der Waals surface area contributed by atoms with Crippen LogP contribution in [0.5, 0.6) is 0 Å². The average Bonchev–Trinajstić information content (AvgIpc) is 2.69. The number of hydrogen-bond donors (Lipinski definition) is 2. The van der Waals surface area contributed by atoms with E-state index in [2.05, 4.69) is 24.3 Å². The minimum absolute atomic E-state index is 0.0945. The first kappa shape index (κ1) is 15.7. The van der Waals surface area contributed by atoms with Crippen LogP contribution in [0.2, 0.25) is 0 Å². The molecule has 0 aliphatic rings. The molecule has 1 aromatic heterocycles. The lowest BCUT2D eigenvalue weighted by Crippen LogP contribution is -2.43. The minimum Gasteiger partial charge on any atom is -0.351 e. The standard InChI is InChI=1S/C14H26N4O/c1-6-11-10(12(7-2)18(5)17-11)8-16-14(19)13(15)9(3)4/h9,13H,6-8,15H2,1-5H3,(H,16,19)/t13-/m0/s1. The summed E-state index contributed by atoms with van der Waals surface area (Å²) >= 11 is 0. The zero-order valence-corrected chi connectivity index (χ0v) is 12.7. The summed E-state index contributed by atoms with van der Waals surface area (Å²) in [6.45, 7) is 8.58. The maximum Gasteiger partial charge on any atom is 0.237 e. The fourth-order valence-corrected chi connectivity index (χ4v) is 2.19. The first-order valence-corrected chi connectivity index (χ1v) is 6.99. The molecular formula is C14H26N4O. The van der Waals surface area contributed by atoms with Crippen molar-refractivity contribution < 1.29 is 4.79 Å². The van der Waals surface area contributed by atoms with E-state index in [-0.39, 0.29) is 11.8 Å². The lowest BCUT2D eigenvalue weighted by Gasteiger charge is -2.15. The summed E-state index contributed by atoms with van der Waals surface area (Å²) in [5.41, 5.74) is 9.20. The molecule has 1 atom stereocenters. The van der Waals surface area contributed by atoms with E-state index in [9.17, 15) is 4.79 Å². The van der Waals surface area contributed by atoms with E-state index in [1.165, 1.54) is 5.69 Å². The third-order valence-corrected chi connectivity index (χ3v) is 3.49. The Bertz CT molecular complexity index is 437. The Balaban J connectivity index is 2.80. The van der Waals surface area contributed by atoms with Gasteiger partial charge in [-0.15, -0.1) is 0 Å². The van der Waals surface area contributed by atoms with E-state index < -0.39 is 6.04 Å². The second-order valence-electron chi connectivity index (χ2n) is 5.19.